The van der Waals surface area contributed by atoms with Gasteiger partial charge in [-0.2, -0.15) is 4.98 Å². The Labute approximate surface area is 176 Å². The van der Waals surface area contributed by atoms with Crippen LogP contribution in [0.15, 0.2) is 48.8 Å². The van der Waals surface area contributed by atoms with Crippen molar-refractivity contribution in [3.63, 3.8) is 0 Å². The number of aliphatic hydroxyl groups excluding tert-OH is 1. The summed E-state index contributed by atoms with van der Waals surface area (Å²) in [5.74, 6) is 2.49. The first-order valence-corrected chi connectivity index (χ1v) is 9.70. The highest BCUT2D eigenvalue weighted by Gasteiger charge is 2.15. The van der Waals surface area contributed by atoms with E-state index in [9.17, 15) is 5.11 Å². The van der Waals surface area contributed by atoms with E-state index >= 15 is 0 Å². The fraction of sp³-hybridized carbons (Fsp3) is 0.318. The molecule has 0 radical (unpaired) electrons. The fourth-order valence-corrected chi connectivity index (χ4v) is 2.89. The van der Waals surface area contributed by atoms with Crippen LogP contribution in [0.2, 0.25) is 0 Å². The highest BCUT2D eigenvalue weighted by Crippen LogP contribution is 2.31. The number of ether oxygens (including phenoxy) is 2. The molecule has 1 atom stereocenters. The maximum Gasteiger partial charge on any atom is 0.225 e. The topological polar surface area (TPSA) is 101 Å². The van der Waals surface area contributed by atoms with E-state index in [2.05, 4.69) is 25.6 Å². The summed E-state index contributed by atoms with van der Waals surface area (Å²) in [6.07, 6.45) is 3.46. The number of hydrogen-bond donors (Lipinski definition) is 3. The molecular weight excluding hydrogens is 382 g/mol. The fourth-order valence-electron chi connectivity index (χ4n) is 2.89. The third-order valence-corrected chi connectivity index (χ3v) is 4.66. The van der Waals surface area contributed by atoms with Crippen molar-refractivity contribution in [3.05, 3.63) is 48.8 Å². The lowest BCUT2D eigenvalue weighted by atomic mass is 10.1. The van der Waals surface area contributed by atoms with Crippen molar-refractivity contribution in [1.29, 1.82) is 0 Å². The van der Waals surface area contributed by atoms with Gasteiger partial charge in [-0.3, -0.25) is 4.98 Å². The molecule has 30 heavy (non-hydrogen) atoms. The smallest absolute Gasteiger partial charge is 0.225 e. The van der Waals surface area contributed by atoms with E-state index < -0.39 is 0 Å². The number of methoxy groups -OCH3 is 2. The van der Waals surface area contributed by atoms with E-state index in [1.807, 2.05) is 50.2 Å². The van der Waals surface area contributed by atoms with Gasteiger partial charge < -0.3 is 25.2 Å². The molecule has 0 saturated heterocycles. The molecule has 2 heterocycles. The SMILES string of the molecule is COc1ccc(Nc2cc(-c3cccnc3)nc(N[C@H](CO)C(C)C)n2)cc1OC. The zero-order valence-electron chi connectivity index (χ0n) is 17.6. The van der Waals surface area contributed by atoms with Crippen LogP contribution in [0.1, 0.15) is 13.8 Å². The third kappa shape index (κ3) is 5.15. The number of aromatic nitrogens is 3. The summed E-state index contributed by atoms with van der Waals surface area (Å²) in [5.41, 5.74) is 2.37. The Kier molecular flexibility index (Phi) is 7.03. The Morgan fingerprint density at radius 2 is 1.83 bits per heavy atom. The summed E-state index contributed by atoms with van der Waals surface area (Å²) < 4.78 is 10.7. The van der Waals surface area contributed by atoms with E-state index in [0.29, 0.717) is 29.0 Å². The van der Waals surface area contributed by atoms with Gasteiger partial charge in [-0.15, -0.1) is 0 Å². The van der Waals surface area contributed by atoms with Crippen molar-refractivity contribution in [1.82, 2.24) is 15.0 Å². The molecule has 0 aliphatic heterocycles. The van der Waals surface area contributed by atoms with Crippen LogP contribution >= 0.6 is 0 Å². The molecule has 0 aliphatic rings. The summed E-state index contributed by atoms with van der Waals surface area (Å²) in [6.45, 7) is 4.04. The molecule has 0 unspecified atom stereocenters. The first kappa shape index (κ1) is 21.3. The van der Waals surface area contributed by atoms with Crippen LogP contribution in [0.5, 0.6) is 11.5 Å². The van der Waals surface area contributed by atoms with Crippen LogP contribution < -0.4 is 20.1 Å². The minimum absolute atomic E-state index is 0.0173. The molecule has 0 spiro atoms. The Bertz CT molecular complexity index is 966. The van der Waals surface area contributed by atoms with Crippen molar-refractivity contribution < 1.29 is 14.6 Å². The van der Waals surface area contributed by atoms with Gasteiger partial charge in [0.25, 0.3) is 0 Å². The highest BCUT2D eigenvalue weighted by molar-refractivity contribution is 5.68. The summed E-state index contributed by atoms with van der Waals surface area (Å²) >= 11 is 0. The number of pyridine rings is 1. The van der Waals surface area contributed by atoms with Crippen LogP contribution in [-0.2, 0) is 0 Å². The van der Waals surface area contributed by atoms with Crippen molar-refractivity contribution in [2.75, 3.05) is 31.5 Å². The molecule has 8 nitrogen and oxygen atoms in total. The molecule has 0 fully saturated rings. The third-order valence-electron chi connectivity index (χ3n) is 4.66. The number of anilines is 3. The van der Waals surface area contributed by atoms with Gasteiger partial charge in [0, 0.05) is 35.8 Å². The van der Waals surface area contributed by atoms with Gasteiger partial charge >= 0.3 is 0 Å². The zero-order valence-corrected chi connectivity index (χ0v) is 17.6. The molecular formula is C22H27N5O3. The largest absolute Gasteiger partial charge is 0.493 e. The first-order chi connectivity index (χ1) is 14.5. The predicted octanol–water partition coefficient (Wildman–Crippen LogP) is 3.73. The maximum absolute atomic E-state index is 9.69. The second kappa shape index (κ2) is 9.89. The molecule has 8 heteroatoms. The Hall–Kier alpha value is -3.39. The lowest BCUT2D eigenvalue weighted by Crippen LogP contribution is -2.30. The minimum Gasteiger partial charge on any atom is -0.493 e. The van der Waals surface area contributed by atoms with E-state index in [1.165, 1.54) is 0 Å². The van der Waals surface area contributed by atoms with Crippen LogP contribution in [0.3, 0.4) is 0 Å². The van der Waals surface area contributed by atoms with E-state index in [4.69, 9.17) is 9.47 Å². The Morgan fingerprint density at radius 1 is 1.03 bits per heavy atom. The van der Waals surface area contributed by atoms with Gasteiger partial charge in [-0.25, -0.2) is 4.98 Å². The van der Waals surface area contributed by atoms with E-state index in [0.717, 1.165) is 11.3 Å². The lowest BCUT2D eigenvalue weighted by molar-refractivity contribution is 0.248. The molecule has 2 aromatic heterocycles. The number of rotatable bonds is 9. The Balaban J connectivity index is 1.97. The van der Waals surface area contributed by atoms with Crippen molar-refractivity contribution >= 4 is 17.5 Å². The minimum atomic E-state index is -0.164. The summed E-state index contributed by atoms with van der Waals surface area (Å²) in [5, 5.41) is 16.2. The number of benzene rings is 1. The summed E-state index contributed by atoms with van der Waals surface area (Å²) in [7, 11) is 3.19. The molecule has 3 N–H and O–H groups in total. The summed E-state index contributed by atoms with van der Waals surface area (Å²) in [6, 6.07) is 11.0. The van der Waals surface area contributed by atoms with Crippen molar-refractivity contribution in [2.45, 2.75) is 19.9 Å². The molecule has 158 valence electrons. The highest BCUT2D eigenvalue weighted by atomic mass is 16.5. The molecule has 0 amide bonds. The standard InChI is InChI=1S/C22H27N5O3/c1-14(2)18(13-28)26-22-25-17(15-6-5-9-23-12-15)11-21(27-22)24-16-7-8-19(29-3)20(10-16)30-4/h5-12,14,18,28H,13H2,1-4H3,(H2,24,25,26,27)/t18-/m1/s1. The van der Waals surface area contributed by atoms with Gasteiger partial charge in [0.15, 0.2) is 11.5 Å². The predicted molar refractivity (Wildman–Crippen MR) is 117 cm³/mol. The number of nitrogens with zero attached hydrogens (tertiary/aromatic N) is 3. The average molecular weight is 409 g/mol. The number of nitrogens with one attached hydrogen (secondary N) is 2. The zero-order chi connectivity index (χ0) is 21.5. The van der Waals surface area contributed by atoms with Crippen molar-refractivity contribution in [2.24, 2.45) is 5.92 Å². The quantitative estimate of drug-likeness (QED) is 0.491. The first-order valence-electron chi connectivity index (χ1n) is 9.70. The monoisotopic (exact) mass is 409 g/mol. The van der Waals surface area contributed by atoms with Crippen molar-refractivity contribution in [3.8, 4) is 22.8 Å². The lowest BCUT2D eigenvalue weighted by Gasteiger charge is -2.20. The number of aliphatic hydroxyl groups is 1. The van der Waals surface area contributed by atoms with Gasteiger partial charge in [0.05, 0.1) is 32.6 Å². The second-order valence-electron chi connectivity index (χ2n) is 7.08. The van der Waals surface area contributed by atoms with Crippen LogP contribution in [0, 0.1) is 5.92 Å². The van der Waals surface area contributed by atoms with Crippen LogP contribution in [0.25, 0.3) is 11.3 Å². The molecule has 0 saturated carbocycles. The normalized spacial score (nSPS) is 11.8. The van der Waals surface area contributed by atoms with Gasteiger partial charge in [-0.05, 0) is 30.2 Å². The summed E-state index contributed by atoms with van der Waals surface area (Å²) in [4.78, 5) is 13.4. The van der Waals surface area contributed by atoms with E-state index in [1.54, 1.807) is 26.6 Å². The number of hydrogen-bond acceptors (Lipinski definition) is 8. The molecule has 0 bridgehead atoms. The van der Waals surface area contributed by atoms with Crippen LogP contribution in [0.4, 0.5) is 17.5 Å². The van der Waals surface area contributed by atoms with Crippen LogP contribution in [-0.4, -0.2) is 46.9 Å². The average Bonchev–Trinajstić information content (AvgIpc) is 2.77. The Morgan fingerprint density at radius 3 is 2.47 bits per heavy atom. The maximum atomic E-state index is 9.69. The molecule has 3 rings (SSSR count). The van der Waals surface area contributed by atoms with Gasteiger partial charge in [0.2, 0.25) is 5.95 Å². The van der Waals surface area contributed by atoms with E-state index in [-0.39, 0.29) is 18.6 Å². The van der Waals surface area contributed by atoms with Gasteiger partial charge in [-0.1, -0.05) is 13.8 Å². The molecule has 1 aromatic carbocycles. The second-order valence-corrected chi connectivity index (χ2v) is 7.08. The molecule has 0 aliphatic carbocycles. The van der Waals surface area contributed by atoms with Gasteiger partial charge in [0.1, 0.15) is 5.82 Å². The molecule has 3 aromatic rings.